The molecule has 0 spiro atoms. The lowest BCUT2D eigenvalue weighted by molar-refractivity contribution is 0.329. The fourth-order valence-electron chi connectivity index (χ4n) is 4.16. The normalized spacial score (nSPS) is 29.4. The van der Waals surface area contributed by atoms with Gasteiger partial charge in [0.1, 0.15) is 11.3 Å². The Bertz CT molecular complexity index is 606. The third kappa shape index (κ3) is 1.78. The third-order valence-electron chi connectivity index (χ3n) is 4.92. The summed E-state index contributed by atoms with van der Waals surface area (Å²) in [5.74, 6) is 3.58. The van der Waals surface area contributed by atoms with Crippen LogP contribution in [-0.4, -0.2) is 20.4 Å². The second-order valence-electron chi connectivity index (χ2n) is 5.94. The van der Waals surface area contributed by atoms with E-state index in [0.29, 0.717) is 11.9 Å². The maximum Gasteiger partial charge on any atom is 0.111 e. The largest absolute Gasteiger partial charge is 0.324 e. The fourth-order valence-corrected chi connectivity index (χ4v) is 4.33. The van der Waals surface area contributed by atoms with Gasteiger partial charge in [-0.15, -0.1) is 11.6 Å². The number of fused-ring (bicyclic) bond motifs is 3. The van der Waals surface area contributed by atoms with E-state index in [2.05, 4.69) is 15.6 Å². The molecule has 2 bridgehead atoms. The molecule has 3 nitrogen and oxygen atoms in total. The number of rotatable bonds is 3. The molecule has 4 heteroatoms. The van der Waals surface area contributed by atoms with Gasteiger partial charge in [0.25, 0.3) is 0 Å². The Hall–Kier alpha value is -1.09. The van der Waals surface area contributed by atoms with Crippen molar-refractivity contribution in [3.63, 3.8) is 0 Å². The van der Waals surface area contributed by atoms with E-state index in [4.69, 9.17) is 16.6 Å². The SMILES string of the molecule is ClCCc1nc2cnccc2n1C1CC2CCC1C2. The summed E-state index contributed by atoms with van der Waals surface area (Å²) in [6, 6.07) is 2.75. The second-order valence-corrected chi connectivity index (χ2v) is 6.32. The molecule has 3 unspecified atom stereocenters. The molecule has 2 aromatic heterocycles. The van der Waals surface area contributed by atoms with Crippen LogP contribution >= 0.6 is 11.6 Å². The van der Waals surface area contributed by atoms with E-state index >= 15 is 0 Å². The molecule has 0 amide bonds. The average molecular weight is 276 g/mol. The number of imidazole rings is 1. The quantitative estimate of drug-likeness (QED) is 0.802. The first-order valence-electron chi connectivity index (χ1n) is 7.23. The summed E-state index contributed by atoms with van der Waals surface area (Å²) in [5, 5.41) is 0. The maximum atomic E-state index is 5.95. The first-order valence-corrected chi connectivity index (χ1v) is 7.77. The van der Waals surface area contributed by atoms with E-state index in [0.717, 1.165) is 29.6 Å². The van der Waals surface area contributed by atoms with E-state index in [-0.39, 0.29) is 0 Å². The van der Waals surface area contributed by atoms with Crippen LogP contribution in [-0.2, 0) is 6.42 Å². The molecule has 2 fully saturated rings. The van der Waals surface area contributed by atoms with Crippen LogP contribution in [0.15, 0.2) is 18.5 Å². The monoisotopic (exact) mass is 275 g/mol. The van der Waals surface area contributed by atoms with E-state index < -0.39 is 0 Å². The highest BCUT2D eigenvalue weighted by molar-refractivity contribution is 6.17. The van der Waals surface area contributed by atoms with Gasteiger partial charge in [-0.25, -0.2) is 4.98 Å². The Morgan fingerprint density at radius 3 is 3.00 bits per heavy atom. The Balaban J connectivity index is 1.84. The molecule has 0 N–H and O–H groups in total. The van der Waals surface area contributed by atoms with Gasteiger partial charge in [-0.1, -0.05) is 6.42 Å². The van der Waals surface area contributed by atoms with Gasteiger partial charge in [-0.05, 0) is 37.2 Å². The number of nitrogens with zero attached hydrogens (tertiary/aromatic N) is 3. The summed E-state index contributed by atoms with van der Waals surface area (Å²) >= 11 is 5.95. The molecular weight excluding hydrogens is 258 g/mol. The number of aryl methyl sites for hydroxylation is 1. The van der Waals surface area contributed by atoms with Gasteiger partial charge in [-0.3, -0.25) is 4.98 Å². The first kappa shape index (κ1) is 11.7. The van der Waals surface area contributed by atoms with E-state index in [1.54, 1.807) is 0 Å². The van der Waals surface area contributed by atoms with Gasteiger partial charge >= 0.3 is 0 Å². The summed E-state index contributed by atoms with van der Waals surface area (Å²) in [6.07, 6.45) is 10.2. The lowest BCUT2D eigenvalue weighted by Crippen LogP contribution is -2.18. The van der Waals surface area contributed by atoms with Gasteiger partial charge in [0, 0.05) is 24.5 Å². The molecule has 2 saturated carbocycles. The summed E-state index contributed by atoms with van der Waals surface area (Å²) in [4.78, 5) is 8.94. The molecule has 2 heterocycles. The van der Waals surface area contributed by atoms with Crippen molar-refractivity contribution in [2.24, 2.45) is 11.8 Å². The van der Waals surface area contributed by atoms with E-state index in [1.807, 2.05) is 12.4 Å². The molecule has 2 aromatic rings. The lowest BCUT2D eigenvalue weighted by Gasteiger charge is -2.25. The Labute approximate surface area is 118 Å². The predicted octanol–water partition coefficient (Wildman–Crippen LogP) is 3.57. The number of pyridine rings is 1. The number of hydrogen-bond donors (Lipinski definition) is 0. The predicted molar refractivity (Wildman–Crippen MR) is 76.4 cm³/mol. The van der Waals surface area contributed by atoms with Crippen LogP contribution in [0.5, 0.6) is 0 Å². The van der Waals surface area contributed by atoms with Gasteiger partial charge in [0.2, 0.25) is 0 Å². The smallest absolute Gasteiger partial charge is 0.111 e. The molecule has 2 aliphatic carbocycles. The zero-order valence-electron chi connectivity index (χ0n) is 10.9. The minimum absolute atomic E-state index is 0.636. The Kier molecular flexibility index (Phi) is 2.76. The maximum absolute atomic E-state index is 5.95. The lowest BCUT2D eigenvalue weighted by atomic mass is 9.95. The van der Waals surface area contributed by atoms with Crippen molar-refractivity contribution < 1.29 is 0 Å². The highest BCUT2D eigenvalue weighted by Crippen LogP contribution is 2.51. The van der Waals surface area contributed by atoms with Crippen LogP contribution in [0.4, 0.5) is 0 Å². The Morgan fingerprint density at radius 2 is 2.26 bits per heavy atom. The van der Waals surface area contributed by atoms with E-state index in [1.165, 1.54) is 31.2 Å². The minimum atomic E-state index is 0.636. The van der Waals surface area contributed by atoms with Crippen molar-refractivity contribution in [2.75, 3.05) is 5.88 Å². The van der Waals surface area contributed by atoms with Crippen molar-refractivity contribution in [3.05, 3.63) is 24.3 Å². The molecule has 0 aromatic carbocycles. The number of halogens is 1. The number of hydrogen-bond acceptors (Lipinski definition) is 2. The van der Waals surface area contributed by atoms with Crippen LogP contribution in [0.25, 0.3) is 11.0 Å². The van der Waals surface area contributed by atoms with Crippen molar-refractivity contribution in [1.29, 1.82) is 0 Å². The van der Waals surface area contributed by atoms with Crippen molar-refractivity contribution in [2.45, 2.75) is 38.1 Å². The third-order valence-corrected chi connectivity index (χ3v) is 5.10. The van der Waals surface area contributed by atoms with Gasteiger partial charge in [0.15, 0.2) is 0 Å². The topological polar surface area (TPSA) is 30.7 Å². The van der Waals surface area contributed by atoms with Gasteiger partial charge in [0.05, 0.1) is 11.7 Å². The fraction of sp³-hybridized carbons (Fsp3) is 0.600. The molecular formula is C15H18ClN3. The van der Waals surface area contributed by atoms with Crippen LogP contribution in [0, 0.1) is 11.8 Å². The van der Waals surface area contributed by atoms with Crippen molar-refractivity contribution in [3.8, 4) is 0 Å². The van der Waals surface area contributed by atoms with Crippen LogP contribution in [0.1, 0.15) is 37.5 Å². The summed E-state index contributed by atoms with van der Waals surface area (Å²) in [7, 11) is 0. The molecule has 0 saturated heterocycles. The highest BCUT2D eigenvalue weighted by Gasteiger charge is 2.41. The molecule has 0 radical (unpaired) electrons. The van der Waals surface area contributed by atoms with Gasteiger partial charge in [-0.2, -0.15) is 0 Å². The van der Waals surface area contributed by atoms with Gasteiger partial charge < -0.3 is 4.57 Å². The molecule has 19 heavy (non-hydrogen) atoms. The summed E-state index contributed by atoms with van der Waals surface area (Å²) < 4.78 is 2.48. The average Bonchev–Trinajstić information content (AvgIpc) is 3.11. The molecule has 0 aliphatic heterocycles. The zero-order valence-corrected chi connectivity index (χ0v) is 11.7. The highest BCUT2D eigenvalue weighted by atomic mass is 35.5. The zero-order chi connectivity index (χ0) is 12.8. The minimum Gasteiger partial charge on any atom is -0.324 e. The molecule has 2 aliphatic rings. The molecule has 3 atom stereocenters. The second kappa shape index (κ2) is 4.48. The molecule has 4 rings (SSSR count). The van der Waals surface area contributed by atoms with Crippen LogP contribution in [0.2, 0.25) is 0 Å². The molecule has 100 valence electrons. The van der Waals surface area contributed by atoms with Crippen molar-refractivity contribution >= 4 is 22.6 Å². The first-order chi connectivity index (χ1) is 9.36. The number of aromatic nitrogens is 3. The number of alkyl halides is 1. The Morgan fingerprint density at radius 1 is 1.32 bits per heavy atom. The summed E-state index contributed by atoms with van der Waals surface area (Å²) in [6.45, 7) is 0. The van der Waals surface area contributed by atoms with Crippen LogP contribution < -0.4 is 0 Å². The standard InChI is InChI=1S/C15H18ClN3/c16-5-3-15-18-12-9-17-6-4-13(12)19(15)14-8-10-1-2-11(14)7-10/h4,6,9-11,14H,1-3,5,7-8H2. The summed E-state index contributed by atoms with van der Waals surface area (Å²) in [5.41, 5.74) is 2.26. The van der Waals surface area contributed by atoms with Crippen LogP contribution in [0.3, 0.4) is 0 Å². The van der Waals surface area contributed by atoms with E-state index in [9.17, 15) is 0 Å². The van der Waals surface area contributed by atoms with Crippen molar-refractivity contribution in [1.82, 2.24) is 14.5 Å².